The second-order valence-electron chi connectivity index (χ2n) is 5.75. The van der Waals surface area contributed by atoms with E-state index in [0.29, 0.717) is 5.75 Å². The van der Waals surface area contributed by atoms with Gasteiger partial charge in [-0.15, -0.1) is 0 Å². The molecular formula is C18H19NO3. The van der Waals surface area contributed by atoms with Gasteiger partial charge in [-0.1, -0.05) is 18.2 Å². The lowest BCUT2D eigenvalue weighted by atomic mass is 10.00. The minimum Gasteiger partial charge on any atom is -0.508 e. The molecule has 0 saturated heterocycles. The number of fused-ring (bicyclic) bond motifs is 1. The lowest BCUT2D eigenvalue weighted by Gasteiger charge is -2.21. The van der Waals surface area contributed by atoms with Crippen LogP contribution in [0.15, 0.2) is 30.3 Å². The molecule has 0 aromatic heterocycles. The zero-order valence-electron chi connectivity index (χ0n) is 12.8. The molecule has 3 rings (SSSR count). The van der Waals surface area contributed by atoms with Gasteiger partial charge in [0.25, 0.3) is 5.91 Å². The maximum absolute atomic E-state index is 11.4. The van der Waals surface area contributed by atoms with Crippen molar-refractivity contribution >= 4 is 11.6 Å². The van der Waals surface area contributed by atoms with Crippen LogP contribution in [0.3, 0.4) is 0 Å². The molecule has 2 aromatic carbocycles. The number of hydrogen-bond donors (Lipinski definition) is 2. The number of ether oxygens (including phenoxy) is 1. The van der Waals surface area contributed by atoms with Crippen molar-refractivity contribution in [3.8, 4) is 11.5 Å². The first kappa shape index (κ1) is 14.4. The highest BCUT2D eigenvalue weighted by Crippen LogP contribution is 2.33. The first-order chi connectivity index (χ1) is 10.5. The van der Waals surface area contributed by atoms with Crippen molar-refractivity contribution < 1.29 is 14.6 Å². The Balaban J connectivity index is 1.78. The van der Waals surface area contributed by atoms with Crippen LogP contribution in [0.1, 0.15) is 22.3 Å². The first-order valence-corrected chi connectivity index (χ1v) is 7.37. The van der Waals surface area contributed by atoms with Gasteiger partial charge in [-0.25, -0.2) is 0 Å². The molecule has 1 heterocycles. The van der Waals surface area contributed by atoms with Crippen LogP contribution in [-0.2, 0) is 17.6 Å². The Labute approximate surface area is 129 Å². The highest BCUT2D eigenvalue weighted by Gasteiger charge is 2.18. The Morgan fingerprint density at radius 2 is 1.82 bits per heavy atom. The van der Waals surface area contributed by atoms with Crippen LogP contribution in [0.2, 0.25) is 0 Å². The summed E-state index contributed by atoms with van der Waals surface area (Å²) in [4.78, 5) is 11.4. The number of hydrogen-bond acceptors (Lipinski definition) is 3. The van der Waals surface area contributed by atoms with Crippen molar-refractivity contribution in [1.29, 1.82) is 0 Å². The largest absolute Gasteiger partial charge is 0.508 e. The molecule has 2 N–H and O–H groups in total. The Morgan fingerprint density at radius 1 is 1.09 bits per heavy atom. The number of carbonyl (C=O) groups excluding carboxylic acids is 1. The minimum absolute atomic E-state index is 0.0833. The van der Waals surface area contributed by atoms with Crippen LogP contribution in [0.5, 0.6) is 11.5 Å². The molecule has 2 aromatic rings. The van der Waals surface area contributed by atoms with Gasteiger partial charge in [-0.05, 0) is 61.1 Å². The van der Waals surface area contributed by atoms with Crippen LogP contribution >= 0.6 is 0 Å². The fourth-order valence-corrected chi connectivity index (χ4v) is 2.76. The molecule has 114 valence electrons. The van der Waals surface area contributed by atoms with Crippen molar-refractivity contribution in [2.24, 2.45) is 0 Å². The third kappa shape index (κ3) is 2.91. The van der Waals surface area contributed by atoms with E-state index in [9.17, 15) is 9.90 Å². The van der Waals surface area contributed by atoms with Crippen molar-refractivity contribution in [2.75, 3.05) is 11.9 Å². The van der Waals surface area contributed by atoms with E-state index in [-0.39, 0.29) is 12.5 Å². The number of anilines is 1. The summed E-state index contributed by atoms with van der Waals surface area (Å²) < 4.78 is 5.47. The maximum atomic E-state index is 11.4. The molecule has 22 heavy (non-hydrogen) atoms. The van der Waals surface area contributed by atoms with E-state index in [1.54, 1.807) is 6.07 Å². The third-order valence-electron chi connectivity index (χ3n) is 3.92. The standard InChI is InChI=1S/C18H19NO3/c1-11-7-13(5-6-16(11)20)3-4-14-8-12(2)18-15(9-14)19-17(21)10-22-18/h5-9,20H,3-4,10H2,1-2H3,(H,19,21). The average molecular weight is 297 g/mol. The maximum Gasteiger partial charge on any atom is 0.262 e. The van der Waals surface area contributed by atoms with Crippen LogP contribution in [-0.4, -0.2) is 17.6 Å². The number of benzene rings is 2. The monoisotopic (exact) mass is 297 g/mol. The molecule has 0 spiro atoms. The average Bonchev–Trinajstić information content (AvgIpc) is 2.48. The number of nitrogens with one attached hydrogen (secondary N) is 1. The SMILES string of the molecule is Cc1cc(CCc2cc(C)c3c(c2)NC(=O)CO3)ccc1O. The van der Waals surface area contributed by atoms with Crippen molar-refractivity contribution in [1.82, 2.24) is 0 Å². The quantitative estimate of drug-likeness (QED) is 0.915. The predicted octanol–water partition coefficient (Wildman–Crippen LogP) is 3.13. The number of rotatable bonds is 3. The molecule has 1 aliphatic heterocycles. The number of carbonyl (C=O) groups is 1. The van der Waals surface area contributed by atoms with Crippen molar-refractivity contribution in [2.45, 2.75) is 26.7 Å². The molecular weight excluding hydrogens is 278 g/mol. The van der Waals surface area contributed by atoms with E-state index in [4.69, 9.17) is 4.74 Å². The van der Waals surface area contributed by atoms with Gasteiger partial charge in [-0.2, -0.15) is 0 Å². The topological polar surface area (TPSA) is 58.6 Å². The fourth-order valence-electron chi connectivity index (χ4n) is 2.76. The lowest BCUT2D eigenvalue weighted by molar-refractivity contribution is -0.118. The summed E-state index contributed by atoms with van der Waals surface area (Å²) in [5.74, 6) is 0.982. The van der Waals surface area contributed by atoms with Crippen LogP contribution < -0.4 is 10.1 Å². The van der Waals surface area contributed by atoms with Gasteiger partial charge < -0.3 is 15.2 Å². The third-order valence-corrected chi connectivity index (χ3v) is 3.92. The number of phenolic OH excluding ortho intramolecular Hbond substituents is 1. The van der Waals surface area contributed by atoms with E-state index < -0.39 is 0 Å². The molecule has 0 fully saturated rings. The lowest BCUT2D eigenvalue weighted by Crippen LogP contribution is -2.26. The summed E-state index contributed by atoms with van der Waals surface area (Å²) in [6, 6.07) is 9.76. The summed E-state index contributed by atoms with van der Waals surface area (Å²) in [6.07, 6.45) is 1.75. The van der Waals surface area contributed by atoms with Gasteiger partial charge in [0, 0.05) is 0 Å². The molecule has 0 bridgehead atoms. The highest BCUT2D eigenvalue weighted by molar-refractivity contribution is 5.95. The molecule has 0 unspecified atom stereocenters. The number of aromatic hydroxyl groups is 1. The number of amides is 1. The molecule has 0 saturated carbocycles. The Morgan fingerprint density at radius 3 is 2.59 bits per heavy atom. The van der Waals surface area contributed by atoms with E-state index in [2.05, 4.69) is 11.4 Å². The number of aryl methyl sites for hydroxylation is 4. The fraction of sp³-hybridized carbons (Fsp3) is 0.278. The zero-order chi connectivity index (χ0) is 15.7. The number of phenols is 1. The molecule has 0 atom stereocenters. The molecule has 4 heteroatoms. The molecule has 0 aliphatic carbocycles. The summed E-state index contributed by atoms with van der Waals surface area (Å²) in [6.45, 7) is 3.97. The van der Waals surface area contributed by atoms with Gasteiger partial charge in [-0.3, -0.25) is 4.79 Å². The summed E-state index contributed by atoms with van der Waals surface area (Å²) in [7, 11) is 0. The Bertz CT molecular complexity index is 737. The minimum atomic E-state index is -0.113. The molecule has 1 amide bonds. The summed E-state index contributed by atoms with van der Waals surface area (Å²) >= 11 is 0. The van der Waals surface area contributed by atoms with E-state index in [1.807, 2.05) is 32.0 Å². The Kier molecular flexibility index (Phi) is 3.75. The summed E-state index contributed by atoms with van der Waals surface area (Å²) in [5.41, 5.74) is 5.03. The predicted molar refractivity (Wildman–Crippen MR) is 85.6 cm³/mol. The van der Waals surface area contributed by atoms with Crippen LogP contribution in [0.4, 0.5) is 5.69 Å². The second kappa shape index (κ2) is 5.72. The van der Waals surface area contributed by atoms with Gasteiger partial charge in [0.05, 0.1) is 5.69 Å². The van der Waals surface area contributed by atoms with Gasteiger partial charge >= 0.3 is 0 Å². The second-order valence-corrected chi connectivity index (χ2v) is 5.75. The van der Waals surface area contributed by atoms with Crippen LogP contribution in [0, 0.1) is 13.8 Å². The first-order valence-electron chi connectivity index (χ1n) is 7.37. The van der Waals surface area contributed by atoms with Gasteiger partial charge in [0.2, 0.25) is 0 Å². The van der Waals surface area contributed by atoms with Crippen LogP contribution in [0.25, 0.3) is 0 Å². The van der Waals surface area contributed by atoms with Gasteiger partial charge in [0.1, 0.15) is 11.5 Å². The summed E-state index contributed by atoms with van der Waals surface area (Å²) in [5, 5.41) is 12.4. The smallest absolute Gasteiger partial charge is 0.262 e. The highest BCUT2D eigenvalue weighted by atomic mass is 16.5. The molecule has 0 radical (unpaired) electrons. The molecule has 4 nitrogen and oxygen atoms in total. The van der Waals surface area contributed by atoms with E-state index in [0.717, 1.165) is 41.0 Å². The van der Waals surface area contributed by atoms with E-state index in [1.165, 1.54) is 5.56 Å². The van der Waals surface area contributed by atoms with E-state index >= 15 is 0 Å². The zero-order valence-corrected chi connectivity index (χ0v) is 12.8. The Hall–Kier alpha value is -2.49. The van der Waals surface area contributed by atoms with Gasteiger partial charge in [0.15, 0.2) is 6.61 Å². The molecule has 1 aliphatic rings. The van der Waals surface area contributed by atoms with Crippen molar-refractivity contribution in [3.63, 3.8) is 0 Å². The van der Waals surface area contributed by atoms with Crippen molar-refractivity contribution in [3.05, 3.63) is 52.6 Å². The normalized spacial score (nSPS) is 13.3.